The van der Waals surface area contributed by atoms with Crippen LogP contribution in [0.2, 0.25) is 5.02 Å². The Balaban J connectivity index is 1.60. The molecule has 5 heteroatoms. The maximum atomic E-state index is 6.05. The standard InChI is InChI=1S/C26H29BrClNO2/c1-3-30-25-15-22(17-29-19(2)9-10-20-7-5-4-6-8-20)24(27)16-26(25)31-18-21-11-13-23(28)14-12-21/h4-8,11-16,19,29H,3,9-10,17-18H2,1-2H3. The van der Waals surface area contributed by atoms with Gasteiger partial charge in [-0.05, 0) is 67.6 Å². The smallest absolute Gasteiger partial charge is 0.162 e. The van der Waals surface area contributed by atoms with E-state index < -0.39 is 0 Å². The van der Waals surface area contributed by atoms with E-state index in [1.165, 1.54) is 5.56 Å². The Kier molecular flexibility index (Phi) is 9.26. The monoisotopic (exact) mass is 501 g/mol. The van der Waals surface area contributed by atoms with Gasteiger partial charge in [0.25, 0.3) is 0 Å². The lowest BCUT2D eigenvalue weighted by Gasteiger charge is -2.18. The predicted molar refractivity (Wildman–Crippen MR) is 132 cm³/mol. The first kappa shape index (κ1) is 23.6. The topological polar surface area (TPSA) is 30.5 Å². The maximum absolute atomic E-state index is 6.05. The number of hydrogen-bond donors (Lipinski definition) is 1. The molecule has 1 atom stereocenters. The van der Waals surface area contributed by atoms with Crippen molar-refractivity contribution in [2.45, 2.75) is 45.9 Å². The molecule has 0 aliphatic carbocycles. The third-order valence-electron chi connectivity index (χ3n) is 5.07. The highest BCUT2D eigenvalue weighted by molar-refractivity contribution is 9.10. The Morgan fingerprint density at radius 2 is 1.65 bits per heavy atom. The Labute approximate surface area is 198 Å². The second-order valence-electron chi connectivity index (χ2n) is 7.54. The van der Waals surface area contributed by atoms with E-state index in [0.717, 1.165) is 51.5 Å². The molecular weight excluding hydrogens is 474 g/mol. The van der Waals surface area contributed by atoms with Crippen LogP contribution in [0.4, 0.5) is 0 Å². The second kappa shape index (κ2) is 12.1. The van der Waals surface area contributed by atoms with Gasteiger partial charge in [-0.1, -0.05) is 70.0 Å². The van der Waals surface area contributed by atoms with Gasteiger partial charge in [0, 0.05) is 22.1 Å². The van der Waals surface area contributed by atoms with E-state index in [4.69, 9.17) is 21.1 Å². The number of rotatable bonds is 11. The summed E-state index contributed by atoms with van der Waals surface area (Å²) < 4.78 is 12.9. The van der Waals surface area contributed by atoms with Crippen molar-refractivity contribution in [2.75, 3.05) is 6.61 Å². The fourth-order valence-electron chi connectivity index (χ4n) is 3.25. The number of nitrogens with one attached hydrogen (secondary N) is 1. The molecule has 164 valence electrons. The quantitative estimate of drug-likeness (QED) is 0.301. The van der Waals surface area contributed by atoms with E-state index in [9.17, 15) is 0 Å². The van der Waals surface area contributed by atoms with Gasteiger partial charge in [-0.3, -0.25) is 0 Å². The third-order valence-corrected chi connectivity index (χ3v) is 6.06. The molecule has 0 spiro atoms. The van der Waals surface area contributed by atoms with Crippen LogP contribution in [0.3, 0.4) is 0 Å². The number of aryl methyl sites for hydroxylation is 1. The summed E-state index contributed by atoms with van der Waals surface area (Å²) >= 11 is 9.66. The molecule has 3 aromatic rings. The van der Waals surface area contributed by atoms with Crippen LogP contribution in [0.5, 0.6) is 11.5 Å². The summed E-state index contributed by atoms with van der Waals surface area (Å²) in [4.78, 5) is 0. The first-order valence-electron chi connectivity index (χ1n) is 10.6. The molecular formula is C26H29BrClNO2. The first-order chi connectivity index (χ1) is 15.0. The summed E-state index contributed by atoms with van der Waals surface area (Å²) in [5, 5.41) is 4.34. The summed E-state index contributed by atoms with van der Waals surface area (Å²) in [5.41, 5.74) is 3.58. The van der Waals surface area contributed by atoms with Crippen molar-refractivity contribution in [1.29, 1.82) is 0 Å². The minimum atomic E-state index is 0.406. The van der Waals surface area contributed by atoms with E-state index in [2.05, 4.69) is 64.6 Å². The molecule has 0 saturated heterocycles. The summed E-state index contributed by atoms with van der Waals surface area (Å²) in [5.74, 6) is 1.48. The summed E-state index contributed by atoms with van der Waals surface area (Å²) in [6.07, 6.45) is 2.15. The Morgan fingerprint density at radius 1 is 0.935 bits per heavy atom. The molecule has 0 heterocycles. The lowest BCUT2D eigenvalue weighted by molar-refractivity contribution is 0.269. The molecule has 0 aliphatic heterocycles. The highest BCUT2D eigenvalue weighted by Crippen LogP contribution is 2.34. The van der Waals surface area contributed by atoms with Crippen molar-refractivity contribution >= 4 is 27.5 Å². The van der Waals surface area contributed by atoms with E-state index in [1.807, 2.05) is 37.3 Å². The van der Waals surface area contributed by atoms with Gasteiger partial charge in [-0.15, -0.1) is 0 Å². The van der Waals surface area contributed by atoms with E-state index in [0.29, 0.717) is 19.3 Å². The van der Waals surface area contributed by atoms with E-state index in [1.54, 1.807) is 0 Å². The van der Waals surface area contributed by atoms with Crippen molar-refractivity contribution < 1.29 is 9.47 Å². The number of benzene rings is 3. The fourth-order valence-corrected chi connectivity index (χ4v) is 3.84. The van der Waals surface area contributed by atoms with Crippen LogP contribution in [-0.2, 0) is 19.6 Å². The van der Waals surface area contributed by atoms with Crippen LogP contribution in [0.15, 0.2) is 71.2 Å². The van der Waals surface area contributed by atoms with Crippen molar-refractivity contribution in [2.24, 2.45) is 0 Å². The molecule has 0 bridgehead atoms. The molecule has 0 saturated carbocycles. The van der Waals surface area contributed by atoms with Crippen LogP contribution >= 0.6 is 27.5 Å². The van der Waals surface area contributed by atoms with Gasteiger partial charge in [0.1, 0.15) is 6.61 Å². The number of ether oxygens (including phenoxy) is 2. The molecule has 0 aromatic heterocycles. The van der Waals surface area contributed by atoms with Gasteiger partial charge >= 0.3 is 0 Å². The van der Waals surface area contributed by atoms with Crippen LogP contribution in [0.1, 0.15) is 37.0 Å². The van der Waals surface area contributed by atoms with Crippen molar-refractivity contribution in [3.8, 4) is 11.5 Å². The molecule has 0 fully saturated rings. The van der Waals surface area contributed by atoms with Gasteiger partial charge in [0.15, 0.2) is 11.5 Å². The molecule has 0 radical (unpaired) electrons. The second-order valence-corrected chi connectivity index (χ2v) is 8.84. The Hall–Kier alpha value is -2.01. The lowest BCUT2D eigenvalue weighted by Crippen LogP contribution is -2.26. The Bertz CT molecular complexity index is 948. The zero-order valence-electron chi connectivity index (χ0n) is 18.0. The average molecular weight is 503 g/mol. The summed E-state index contributed by atoms with van der Waals surface area (Å²) in [6.45, 7) is 6.00. The summed E-state index contributed by atoms with van der Waals surface area (Å²) in [7, 11) is 0. The largest absolute Gasteiger partial charge is 0.490 e. The van der Waals surface area contributed by atoms with Gasteiger partial charge in [0.2, 0.25) is 0 Å². The SMILES string of the molecule is CCOc1cc(CNC(C)CCc2ccccc2)c(Br)cc1OCc1ccc(Cl)cc1. The van der Waals surface area contributed by atoms with Gasteiger partial charge in [0.05, 0.1) is 6.61 Å². The highest BCUT2D eigenvalue weighted by atomic mass is 79.9. The molecule has 3 nitrogen and oxygen atoms in total. The maximum Gasteiger partial charge on any atom is 0.162 e. The van der Waals surface area contributed by atoms with Crippen LogP contribution in [0.25, 0.3) is 0 Å². The molecule has 31 heavy (non-hydrogen) atoms. The molecule has 3 rings (SSSR count). The van der Waals surface area contributed by atoms with Crippen molar-refractivity contribution in [3.05, 3.63) is 92.9 Å². The molecule has 1 N–H and O–H groups in total. The molecule has 0 aliphatic rings. The van der Waals surface area contributed by atoms with Gasteiger partial charge < -0.3 is 14.8 Å². The van der Waals surface area contributed by atoms with E-state index in [-0.39, 0.29) is 0 Å². The van der Waals surface area contributed by atoms with Crippen molar-refractivity contribution in [1.82, 2.24) is 5.32 Å². The minimum Gasteiger partial charge on any atom is -0.490 e. The third kappa shape index (κ3) is 7.57. The van der Waals surface area contributed by atoms with Crippen LogP contribution < -0.4 is 14.8 Å². The zero-order chi connectivity index (χ0) is 22.1. The predicted octanol–water partition coefficient (Wildman–Crippen LogP) is 7.19. The van der Waals surface area contributed by atoms with Crippen molar-refractivity contribution in [3.63, 3.8) is 0 Å². The molecule has 1 unspecified atom stereocenters. The summed E-state index contributed by atoms with van der Waals surface area (Å²) in [6, 6.07) is 22.7. The van der Waals surface area contributed by atoms with Gasteiger partial charge in [-0.2, -0.15) is 0 Å². The average Bonchev–Trinajstić information content (AvgIpc) is 2.78. The Morgan fingerprint density at radius 3 is 2.35 bits per heavy atom. The highest BCUT2D eigenvalue weighted by Gasteiger charge is 2.12. The first-order valence-corrected chi connectivity index (χ1v) is 11.8. The number of halogens is 2. The lowest BCUT2D eigenvalue weighted by atomic mass is 10.1. The zero-order valence-corrected chi connectivity index (χ0v) is 20.4. The fraction of sp³-hybridized carbons (Fsp3) is 0.308. The van der Waals surface area contributed by atoms with E-state index >= 15 is 0 Å². The number of hydrogen-bond acceptors (Lipinski definition) is 3. The molecule has 3 aromatic carbocycles. The van der Waals surface area contributed by atoms with Gasteiger partial charge in [-0.25, -0.2) is 0 Å². The van der Waals surface area contributed by atoms with Crippen LogP contribution in [0, 0.1) is 0 Å². The molecule has 0 amide bonds. The minimum absolute atomic E-state index is 0.406. The van der Waals surface area contributed by atoms with Crippen LogP contribution in [-0.4, -0.2) is 12.6 Å². The normalized spacial score (nSPS) is 11.9.